The molecule has 2 heteroatoms. The molecule has 0 saturated carbocycles. The molecule has 15 rings (SSSR count). The standard InChI is InChI=1S/C84H64N2/c1-83(2)78-32-20-31-74(65-29-18-9-19-30-65)82(78)77-56-80-76(55-81(77)83)75-50-41-66(53-79(75)84(80,3)4)67-51-72(85(68-42-33-61(34-43-68)57-21-10-5-11-22-57)69-44-35-62(36-45-69)58-23-12-6-13-24-58)54-73(52-67)86(70-46-37-63(38-47-70)59-25-14-7-15-26-59)71-48-39-64(40-49-71)60-27-16-8-17-28-60/h5-56H,1-4H3. The molecule has 0 unspecified atom stereocenters. The van der Waals surface area contributed by atoms with Crippen molar-refractivity contribution >= 4 is 34.1 Å². The fourth-order valence-electron chi connectivity index (χ4n) is 13.7. The second kappa shape index (κ2) is 21.3. The van der Waals surface area contributed by atoms with Crippen LogP contribution in [0, 0.1) is 0 Å². The summed E-state index contributed by atoms with van der Waals surface area (Å²) in [5.41, 5.74) is 31.0. The van der Waals surface area contributed by atoms with E-state index < -0.39 is 0 Å². The number of rotatable bonds is 12. The van der Waals surface area contributed by atoms with E-state index in [-0.39, 0.29) is 10.8 Å². The van der Waals surface area contributed by atoms with Crippen LogP contribution in [-0.4, -0.2) is 0 Å². The third-order valence-electron chi connectivity index (χ3n) is 18.3. The van der Waals surface area contributed by atoms with Gasteiger partial charge in [0.25, 0.3) is 0 Å². The Kier molecular flexibility index (Phi) is 12.9. The quantitative estimate of drug-likeness (QED) is 0.120. The van der Waals surface area contributed by atoms with Gasteiger partial charge in [-0.25, -0.2) is 0 Å². The first-order valence-corrected chi connectivity index (χ1v) is 30.0. The van der Waals surface area contributed by atoms with Crippen molar-refractivity contribution < 1.29 is 0 Å². The highest BCUT2D eigenvalue weighted by Crippen LogP contribution is 2.58. The van der Waals surface area contributed by atoms with Gasteiger partial charge in [0, 0.05) is 45.0 Å². The van der Waals surface area contributed by atoms with E-state index in [1.165, 1.54) is 100 Å². The Hall–Kier alpha value is -10.5. The predicted molar refractivity (Wildman–Crippen MR) is 364 cm³/mol. The molecular formula is C84H64N2. The van der Waals surface area contributed by atoms with Gasteiger partial charge in [-0.2, -0.15) is 0 Å². The van der Waals surface area contributed by atoms with E-state index in [9.17, 15) is 0 Å². The predicted octanol–water partition coefficient (Wildman–Crippen LogP) is 23.2. The minimum absolute atomic E-state index is 0.167. The Balaban J connectivity index is 0.924. The summed E-state index contributed by atoms with van der Waals surface area (Å²) in [4.78, 5) is 4.87. The molecule has 0 radical (unpaired) electrons. The van der Waals surface area contributed by atoms with E-state index in [1.807, 2.05) is 0 Å². The molecule has 410 valence electrons. The first-order chi connectivity index (χ1) is 42.1. The Bertz CT molecular complexity index is 4250. The van der Waals surface area contributed by atoms with Crippen molar-refractivity contribution in [2.45, 2.75) is 38.5 Å². The summed E-state index contributed by atoms with van der Waals surface area (Å²) in [7, 11) is 0. The van der Waals surface area contributed by atoms with Crippen molar-refractivity contribution in [3.8, 4) is 89.0 Å². The van der Waals surface area contributed by atoms with Crippen molar-refractivity contribution in [1.82, 2.24) is 0 Å². The van der Waals surface area contributed by atoms with Crippen LogP contribution in [0.3, 0.4) is 0 Å². The second-order valence-electron chi connectivity index (χ2n) is 24.1. The van der Waals surface area contributed by atoms with Gasteiger partial charge in [0.15, 0.2) is 0 Å². The monoisotopic (exact) mass is 1100 g/mol. The lowest BCUT2D eigenvalue weighted by Crippen LogP contribution is -2.17. The second-order valence-corrected chi connectivity index (χ2v) is 24.1. The number of nitrogens with zero attached hydrogens (tertiary/aromatic N) is 2. The maximum absolute atomic E-state index is 2.55. The first kappa shape index (κ1) is 52.3. The van der Waals surface area contributed by atoms with Gasteiger partial charge in [-0.3, -0.25) is 0 Å². The third kappa shape index (κ3) is 9.23. The SMILES string of the molecule is CC1(C)c2cc(-c3cc(N(c4ccc(-c5ccccc5)cc4)c4ccc(-c5ccccc5)cc4)cc(N(c4ccc(-c5ccccc5)cc4)c4ccc(-c5ccccc5)cc4)c3)ccc2-c2cc3c(cc21)-c1c(-c2ccccc2)cccc1C3(C)C. The highest BCUT2D eigenvalue weighted by Gasteiger charge is 2.42. The van der Waals surface area contributed by atoms with Crippen LogP contribution in [-0.2, 0) is 10.8 Å². The summed E-state index contributed by atoms with van der Waals surface area (Å²) in [5, 5.41) is 0. The number of hydrogen-bond donors (Lipinski definition) is 0. The number of anilines is 6. The maximum Gasteiger partial charge on any atom is 0.0488 e. The van der Waals surface area contributed by atoms with Gasteiger partial charge in [0.2, 0.25) is 0 Å². The molecule has 0 N–H and O–H groups in total. The molecule has 2 aliphatic rings. The molecule has 0 fully saturated rings. The lowest BCUT2D eigenvalue weighted by atomic mass is 9.79. The van der Waals surface area contributed by atoms with E-state index >= 15 is 0 Å². The summed E-state index contributed by atoms with van der Waals surface area (Å²) in [6.07, 6.45) is 0. The molecule has 0 aromatic heterocycles. The summed E-state index contributed by atoms with van der Waals surface area (Å²) in [5.74, 6) is 0. The molecule has 13 aromatic rings. The molecule has 0 bridgehead atoms. The Morgan fingerprint density at radius 3 is 0.919 bits per heavy atom. The molecule has 86 heavy (non-hydrogen) atoms. The smallest absolute Gasteiger partial charge is 0.0488 e. The van der Waals surface area contributed by atoms with Crippen molar-refractivity contribution in [2.24, 2.45) is 0 Å². The van der Waals surface area contributed by atoms with Gasteiger partial charge in [0.05, 0.1) is 0 Å². The maximum atomic E-state index is 2.55. The van der Waals surface area contributed by atoms with Crippen LogP contribution < -0.4 is 9.80 Å². The molecule has 0 heterocycles. The van der Waals surface area contributed by atoms with E-state index in [4.69, 9.17) is 0 Å². The van der Waals surface area contributed by atoms with Crippen LogP contribution >= 0.6 is 0 Å². The fraction of sp³-hybridized carbons (Fsp3) is 0.0714. The average molecular weight is 1100 g/mol. The average Bonchev–Trinajstić information content (AvgIpc) is 1.66. The van der Waals surface area contributed by atoms with E-state index in [2.05, 4.69) is 353 Å². The molecule has 13 aromatic carbocycles. The van der Waals surface area contributed by atoms with Gasteiger partial charge in [-0.15, -0.1) is 0 Å². The molecule has 2 nitrogen and oxygen atoms in total. The van der Waals surface area contributed by atoms with Gasteiger partial charge in [-0.05, 0) is 196 Å². The Morgan fingerprint density at radius 1 is 0.186 bits per heavy atom. The fourth-order valence-corrected chi connectivity index (χ4v) is 13.7. The van der Waals surface area contributed by atoms with Crippen molar-refractivity contribution in [3.63, 3.8) is 0 Å². The van der Waals surface area contributed by atoms with Gasteiger partial charge >= 0.3 is 0 Å². The van der Waals surface area contributed by atoms with Crippen molar-refractivity contribution in [2.75, 3.05) is 9.80 Å². The van der Waals surface area contributed by atoms with Crippen molar-refractivity contribution in [3.05, 3.63) is 338 Å². The zero-order valence-electron chi connectivity index (χ0n) is 48.9. The molecular weight excluding hydrogens is 1040 g/mol. The van der Waals surface area contributed by atoms with Crippen LogP contribution in [0.1, 0.15) is 49.9 Å². The van der Waals surface area contributed by atoms with Gasteiger partial charge in [-0.1, -0.05) is 258 Å². The largest absolute Gasteiger partial charge is 0.310 e. The van der Waals surface area contributed by atoms with Crippen molar-refractivity contribution in [1.29, 1.82) is 0 Å². The molecule has 0 amide bonds. The minimum Gasteiger partial charge on any atom is -0.310 e. The normalized spacial score (nSPS) is 13.1. The summed E-state index contributed by atoms with van der Waals surface area (Å²) >= 11 is 0. The van der Waals surface area contributed by atoms with E-state index in [0.29, 0.717) is 0 Å². The third-order valence-corrected chi connectivity index (χ3v) is 18.3. The summed E-state index contributed by atoms with van der Waals surface area (Å²) < 4.78 is 0. The molecule has 2 aliphatic carbocycles. The first-order valence-electron chi connectivity index (χ1n) is 30.0. The summed E-state index contributed by atoms with van der Waals surface area (Å²) in [6, 6.07) is 116. The Morgan fingerprint density at radius 2 is 0.512 bits per heavy atom. The molecule has 0 saturated heterocycles. The molecule has 0 spiro atoms. The van der Waals surface area contributed by atoms with Crippen LogP contribution in [0.2, 0.25) is 0 Å². The number of hydrogen-bond acceptors (Lipinski definition) is 2. The van der Waals surface area contributed by atoms with E-state index in [1.54, 1.807) is 0 Å². The molecule has 0 atom stereocenters. The lowest BCUT2D eigenvalue weighted by molar-refractivity contribution is 0.652. The number of fused-ring (bicyclic) bond motifs is 6. The lowest BCUT2D eigenvalue weighted by Gasteiger charge is -2.31. The summed E-state index contributed by atoms with van der Waals surface area (Å²) in [6.45, 7) is 9.68. The topological polar surface area (TPSA) is 6.48 Å². The minimum atomic E-state index is -0.287. The zero-order chi connectivity index (χ0) is 57.9. The van der Waals surface area contributed by atoms with Gasteiger partial charge < -0.3 is 9.80 Å². The van der Waals surface area contributed by atoms with E-state index in [0.717, 1.165) is 45.3 Å². The van der Waals surface area contributed by atoms with Crippen LogP contribution in [0.15, 0.2) is 315 Å². The Labute approximate surface area is 506 Å². The highest BCUT2D eigenvalue weighted by molar-refractivity contribution is 5.97. The zero-order valence-corrected chi connectivity index (χ0v) is 48.9. The van der Waals surface area contributed by atoms with Gasteiger partial charge in [0.1, 0.15) is 0 Å². The van der Waals surface area contributed by atoms with Crippen LogP contribution in [0.4, 0.5) is 34.1 Å². The van der Waals surface area contributed by atoms with Crippen LogP contribution in [0.25, 0.3) is 89.0 Å². The number of benzene rings is 13. The highest BCUT2D eigenvalue weighted by atomic mass is 15.2. The molecule has 0 aliphatic heterocycles. The van der Waals surface area contributed by atoms with Crippen LogP contribution in [0.5, 0.6) is 0 Å².